The highest BCUT2D eigenvalue weighted by atomic mass is 32.1. The molecule has 1 saturated heterocycles. The first-order valence-electron chi connectivity index (χ1n) is 5.03. The van der Waals surface area contributed by atoms with Gasteiger partial charge in [0.2, 0.25) is 0 Å². The van der Waals surface area contributed by atoms with Crippen molar-refractivity contribution in [2.45, 2.75) is 51.6 Å². The van der Waals surface area contributed by atoms with E-state index in [9.17, 15) is 0 Å². The van der Waals surface area contributed by atoms with E-state index < -0.39 is 0 Å². The third-order valence-corrected chi connectivity index (χ3v) is 2.75. The van der Waals surface area contributed by atoms with Crippen LogP contribution < -0.4 is 0 Å². The summed E-state index contributed by atoms with van der Waals surface area (Å²) in [4.78, 5) is 0. The minimum Gasteiger partial charge on any atom is -0.481 e. The molecule has 1 nitrogen and oxygen atoms in total. The topological polar surface area (TPSA) is 9.23 Å². The van der Waals surface area contributed by atoms with Crippen LogP contribution in [0.25, 0.3) is 0 Å². The Bertz CT molecular complexity index is 210. The standard InChI is InChI=1S/C11H18OS/c1-3-4-5-6-8-11(2)9-7-10(13)12-11/h4-5H,3,6-9H2,1-2H3/b5-4-. The summed E-state index contributed by atoms with van der Waals surface area (Å²) < 4.78 is 5.63. The third-order valence-electron chi connectivity index (χ3n) is 2.46. The third kappa shape index (κ3) is 3.47. The minimum atomic E-state index is 0.0230. The summed E-state index contributed by atoms with van der Waals surface area (Å²) in [6.45, 7) is 4.31. The van der Waals surface area contributed by atoms with Crippen LogP contribution in [0, 0.1) is 0 Å². The van der Waals surface area contributed by atoms with Gasteiger partial charge in [-0.3, -0.25) is 0 Å². The molecule has 0 radical (unpaired) electrons. The molecule has 0 aliphatic carbocycles. The van der Waals surface area contributed by atoms with Gasteiger partial charge in [-0.15, -0.1) is 0 Å². The molecule has 1 heterocycles. The maximum absolute atomic E-state index is 5.63. The van der Waals surface area contributed by atoms with Crippen molar-refractivity contribution in [3.8, 4) is 0 Å². The van der Waals surface area contributed by atoms with Crippen molar-refractivity contribution in [3.63, 3.8) is 0 Å². The van der Waals surface area contributed by atoms with E-state index in [0.29, 0.717) is 0 Å². The highest BCUT2D eigenvalue weighted by Crippen LogP contribution is 2.31. The lowest BCUT2D eigenvalue weighted by Gasteiger charge is -2.22. The molecule has 1 rings (SSSR count). The Balaban J connectivity index is 2.27. The molecule has 0 aromatic rings. The fourth-order valence-corrected chi connectivity index (χ4v) is 1.90. The van der Waals surface area contributed by atoms with Gasteiger partial charge in [0.05, 0.1) is 0 Å². The summed E-state index contributed by atoms with van der Waals surface area (Å²) in [6.07, 6.45) is 9.80. The Kier molecular flexibility index (Phi) is 3.91. The first-order valence-corrected chi connectivity index (χ1v) is 5.44. The molecule has 0 N–H and O–H groups in total. The maximum Gasteiger partial charge on any atom is 0.160 e. The van der Waals surface area contributed by atoms with Crippen LogP contribution in [-0.2, 0) is 4.74 Å². The lowest BCUT2D eigenvalue weighted by atomic mass is 9.96. The first-order chi connectivity index (χ1) is 6.16. The Labute approximate surface area is 86.2 Å². The molecule has 13 heavy (non-hydrogen) atoms. The fraction of sp³-hybridized carbons (Fsp3) is 0.727. The van der Waals surface area contributed by atoms with Crippen LogP contribution in [0.15, 0.2) is 12.2 Å². The van der Waals surface area contributed by atoms with Crippen LogP contribution in [0.3, 0.4) is 0 Å². The van der Waals surface area contributed by atoms with Gasteiger partial charge in [-0.2, -0.15) is 0 Å². The highest BCUT2D eigenvalue weighted by Gasteiger charge is 2.32. The van der Waals surface area contributed by atoms with Gasteiger partial charge in [-0.05, 0) is 44.8 Å². The number of hydrogen-bond acceptors (Lipinski definition) is 2. The largest absolute Gasteiger partial charge is 0.481 e. The average Bonchev–Trinajstić information content (AvgIpc) is 2.41. The second-order valence-corrected chi connectivity index (χ2v) is 4.30. The Morgan fingerprint density at radius 2 is 2.31 bits per heavy atom. The zero-order chi connectivity index (χ0) is 9.73. The zero-order valence-electron chi connectivity index (χ0n) is 8.51. The Hall–Kier alpha value is -0.370. The first kappa shape index (κ1) is 10.7. The molecule has 0 aromatic carbocycles. The van der Waals surface area contributed by atoms with Crippen LogP contribution in [0.1, 0.15) is 46.0 Å². The fourth-order valence-electron chi connectivity index (χ4n) is 1.59. The van der Waals surface area contributed by atoms with Crippen molar-refractivity contribution in [3.05, 3.63) is 12.2 Å². The van der Waals surface area contributed by atoms with E-state index >= 15 is 0 Å². The Morgan fingerprint density at radius 1 is 1.54 bits per heavy atom. The second kappa shape index (κ2) is 4.75. The SMILES string of the molecule is CC/C=C\CCC1(C)CCC(=S)O1. The average molecular weight is 198 g/mol. The molecule has 2 heteroatoms. The number of rotatable bonds is 4. The summed E-state index contributed by atoms with van der Waals surface area (Å²) in [5.74, 6) is 0. The zero-order valence-corrected chi connectivity index (χ0v) is 9.32. The number of hydrogen-bond donors (Lipinski definition) is 0. The van der Waals surface area contributed by atoms with Crippen molar-refractivity contribution >= 4 is 17.3 Å². The van der Waals surface area contributed by atoms with E-state index in [0.717, 1.165) is 37.2 Å². The van der Waals surface area contributed by atoms with Gasteiger partial charge in [0.25, 0.3) is 0 Å². The van der Waals surface area contributed by atoms with Crippen molar-refractivity contribution in [1.29, 1.82) is 0 Å². The molecule has 0 spiro atoms. The highest BCUT2D eigenvalue weighted by molar-refractivity contribution is 7.80. The molecular formula is C11H18OS. The van der Waals surface area contributed by atoms with Crippen molar-refractivity contribution < 1.29 is 4.74 Å². The molecule has 1 fully saturated rings. The van der Waals surface area contributed by atoms with E-state index in [2.05, 4.69) is 26.0 Å². The molecule has 1 aliphatic heterocycles. The molecule has 1 unspecified atom stereocenters. The van der Waals surface area contributed by atoms with E-state index in [1.54, 1.807) is 0 Å². The summed E-state index contributed by atoms with van der Waals surface area (Å²) in [6, 6.07) is 0. The normalized spacial score (nSPS) is 28.3. The smallest absolute Gasteiger partial charge is 0.160 e. The van der Waals surface area contributed by atoms with E-state index in [1.165, 1.54) is 0 Å². The number of allylic oxidation sites excluding steroid dienone is 2. The molecule has 1 atom stereocenters. The molecule has 1 aliphatic rings. The minimum absolute atomic E-state index is 0.0230. The van der Waals surface area contributed by atoms with Crippen molar-refractivity contribution in [2.24, 2.45) is 0 Å². The van der Waals surface area contributed by atoms with Gasteiger partial charge in [0, 0.05) is 6.42 Å². The van der Waals surface area contributed by atoms with Gasteiger partial charge in [-0.25, -0.2) is 0 Å². The molecule has 74 valence electrons. The lowest BCUT2D eigenvalue weighted by Crippen LogP contribution is -2.22. The molecule has 0 bridgehead atoms. The predicted octanol–water partition coefficient (Wildman–Crippen LogP) is 3.63. The summed E-state index contributed by atoms with van der Waals surface area (Å²) in [5, 5.41) is 0.793. The molecular weight excluding hydrogens is 180 g/mol. The van der Waals surface area contributed by atoms with Crippen LogP contribution in [0.4, 0.5) is 0 Å². The van der Waals surface area contributed by atoms with Crippen LogP contribution in [-0.4, -0.2) is 10.7 Å². The summed E-state index contributed by atoms with van der Waals surface area (Å²) in [7, 11) is 0. The second-order valence-electron chi connectivity index (χ2n) is 3.84. The van der Waals surface area contributed by atoms with Crippen molar-refractivity contribution in [1.82, 2.24) is 0 Å². The summed E-state index contributed by atoms with van der Waals surface area (Å²) in [5.41, 5.74) is 0.0230. The van der Waals surface area contributed by atoms with Gasteiger partial charge in [-0.1, -0.05) is 19.1 Å². The van der Waals surface area contributed by atoms with E-state index in [4.69, 9.17) is 17.0 Å². The van der Waals surface area contributed by atoms with Crippen molar-refractivity contribution in [2.75, 3.05) is 0 Å². The van der Waals surface area contributed by atoms with Gasteiger partial charge < -0.3 is 4.74 Å². The number of thiocarbonyl (C=S) groups is 1. The molecule has 0 aromatic heterocycles. The lowest BCUT2D eigenvalue weighted by molar-refractivity contribution is 0.0958. The molecule has 0 amide bonds. The van der Waals surface area contributed by atoms with E-state index in [1.807, 2.05) is 0 Å². The van der Waals surface area contributed by atoms with Gasteiger partial charge in [0.1, 0.15) is 5.60 Å². The monoisotopic (exact) mass is 198 g/mol. The van der Waals surface area contributed by atoms with Gasteiger partial charge in [0.15, 0.2) is 5.05 Å². The van der Waals surface area contributed by atoms with Crippen LogP contribution in [0.5, 0.6) is 0 Å². The Morgan fingerprint density at radius 3 is 2.85 bits per heavy atom. The maximum atomic E-state index is 5.63. The van der Waals surface area contributed by atoms with Crippen LogP contribution >= 0.6 is 12.2 Å². The van der Waals surface area contributed by atoms with Gasteiger partial charge >= 0.3 is 0 Å². The predicted molar refractivity (Wildman–Crippen MR) is 60.0 cm³/mol. The van der Waals surface area contributed by atoms with E-state index in [-0.39, 0.29) is 5.60 Å². The summed E-state index contributed by atoms with van der Waals surface area (Å²) >= 11 is 5.03. The van der Waals surface area contributed by atoms with Crippen LogP contribution in [0.2, 0.25) is 0 Å². The molecule has 0 saturated carbocycles. The quantitative estimate of drug-likeness (QED) is 0.504. The number of ether oxygens (including phenoxy) is 1.